The van der Waals surface area contributed by atoms with Crippen LogP contribution in [0.15, 0.2) is 24.3 Å². The monoisotopic (exact) mass is 316 g/mol. The van der Waals surface area contributed by atoms with E-state index < -0.39 is 10.0 Å². The molecule has 120 valence electrons. The first-order valence-corrected chi connectivity index (χ1v) is 8.73. The molecule has 3 N–H and O–H groups in total. The number of anilines is 1. The van der Waals surface area contributed by atoms with Crippen LogP contribution in [0.2, 0.25) is 0 Å². The van der Waals surface area contributed by atoms with Crippen LogP contribution in [0.5, 0.6) is 5.75 Å². The molecule has 0 saturated heterocycles. The van der Waals surface area contributed by atoms with Gasteiger partial charge in [-0.3, -0.25) is 0 Å². The average Bonchev–Trinajstić information content (AvgIpc) is 2.45. The number of para-hydroxylation sites is 2. The van der Waals surface area contributed by atoms with Gasteiger partial charge in [-0.25, -0.2) is 13.1 Å². The summed E-state index contributed by atoms with van der Waals surface area (Å²) >= 11 is 0. The summed E-state index contributed by atoms with van der Waals surface area (Å²) in [7, 11) is -3.33. The van der Waals surface area contributed by atoms with E-state index in [0.717, 1.165) is 6.42 Å². The van der Waals surface area contributed by atoms with Crippen molar-refractivity contribution < 1.29 is 17.9 Å². The number of nitrogen functional groups attached to an aromatic ring is 1. The molecular formula is C14H24N2O4S. The second kappa shape index (κ2) is 9.59. The van der Waals surface area contributed by atoms with Gasteiger partial charge in [-0.15, -0.1) is 0 Å². The van der Waals surface area contributed by atoms with E-state index in [2.05, 4.69) is 4.72 Å². The molecule has 0 aliphatic heterocycles. The van der Waals surface area contributed by atoms with E-state index >= 15 is 0 Å². The van der Waals surface area contributed by atoms with Crippen molar-refractivity contribution in [2.45, 2.75) is 19.8 Å². The quantitative estimate of drug-likeness (QED) is 0.475. The highest BCUT2D eigenvalue weighted by molar-refractivity contribution is 7.89. The SMILES string of the molecule is CCCOCCCNS(=O)(=O)CCOc1ccccc1N. The third kappa shape index (κ3) is 7.89. The number of nitrogens with one attached hydrogen (secondary N) is 1. The Morgan fingerprint density at radius 1 is 1.19 bits per heavy atom. The Balaban J connectivity index is 2.19. The van der Waals surface area contributed by atoms with Crippen LogP contribution in [0.25, 0.3) is 0 Å². The second-order valence-corrected chi connectivity index (χ2v) is 6.49. The Hall–Kier alpha value is -1.31. The fourth-order valence-corrected chi connectivity index (χ4v) is 2.50. The van der Waals surface area contributed by atoms with Gasteiger partial charge >= 0.3 is 0 Å². The predicted molar refractivity (Wildman–Crippen MR) is 83.9 cm³/mol. The van der Waals surface area contributed by atoms with Gasteiger partial charge in [-0.05, 0) is 25.0 Å². The lowest BCUT2D eigenvalue weighted by Gasteiger charge is -2.10. The van der Waals surface area contributed by atoms with Crippen LogP contribution in [0, 0.1) is 0 Å². The summed E-state index contributed by atoms with van der Waals surface area (Å²) in [6.45, 7) is 3.74. The van der Waals surface area contributed by atoms with Crippen molar-refractivity contribution >= 4 is 15.7 Å². The predicted octanol–water partition coefficient (Wildman–Crippen LogP) is 1.38. The minimum atomic E-state index is -3.33. The summed E-state index contributed by atoms with van der Waals surface area (Å²) in [5, 5.41) is 0. The Morgan fingerprint density at radius 3 is 2.67 bits per heavy atom. The van der Waals surface area contributed by atoms with Crippen molar-refractivity contribution in [3.8, 4) is 5.75 Å². The van der Waals surface area contributed by atoms with Crippen LogP contribution in [0.4, 0.5) is 5.69 Å². The minimum absolute atomic E-state index is 0.0654. The second-order valence-electron chi connectivity index (χ2n) is 4.57. The number of nitrogens with two attached hydrogens (primary N) is 1. The van der Waals surface area contributed by atoms with Crippen molar-refractivity contribution in [1.29, 1.82) is 0 Å². The van der Waals surface area contributed by atoms with E-state index in [1.165, 1.54) is 0 Å². The fourth-order valence-electron chi connectivity index (χ4n) is 1.59. The number of hydrogen-bond acceptors (Lipinski definition) is 5. The summed E-state index contributed by atoms with van der Waals surface area (Å²) in [4.78, 5) is 0. The van der Waals surface area contributed by atoms with E-state index in [-0.39, 0.29) is 12.4 Å². The number of hydrogen-bond donors (Lipinski definition) is 2. The third-order valence-corrected chi connectivity index (χ3v) is 4.01. The van der Waals surface area contributed by atoms with Gasteiger partial charge in [0.15, 0.2) is 0 Å². The van der Waals surface area contributed by atoms with E-state index in [0.29, 0.717) is 37.6 Å². The Bertz CT molecular complexity index is 505. The maximum Gasteiger partial charge on any atom is 0.214 e. The number of ether oxygens (including phenoxy) is 2. The Morgan fingerprint density at radius 2 is 1.95 bits per heavy atom. The molecule has 0 bridgehead atoms. The molecule has 6 nitrogen and oxygen atoms in total. The average molecular weight is 316 g/mol. The molecular weight excluding hydrogens is 292 g/mol. The molecule has 0 fully saturated rings. The molecule has 0 unspecified atom stereocenters. The maximum atomic E-state index is 11.7. The smallest absolute Gasteiger partial charge is 0.214 e. The summed E-state index contributed by atoms with van der Waals surface area (Å²) in [5.41, 5.74) is 6.20. The minimum Gasteiger partial charge on any atom is -0.490 e. The molecule has 0 spiro atoms. The van der Waals surface area contributed by atoms with Crippen molar-refractivity contribution in [1.82, 2.24) is 4.72 Å². The molecule has 0 atom stereocenters. The first-order chi connectivity index (χ1) is 10.0. The van der Waals surface area contributed by atoms with Crippen LogP contribution >= 0.6 is 0 Å². The molecule has 7 heteroatoms. The van der Waals surface area contributed by atoms with Gasteiger partial charge in [0.25, 0.3) is 0 Å². The van der Waals surface area contributed by atoms with E-state index in [4.69, 9.17) is 15.2 Å². The molecule has 1 aromatic rings. The lowest BCUT2D eigenvalue weighted by Crippen LogP contribution is -2.30. The zero-order valence-electron chi connectivity index (χ0n) is 12.4. The molecule has 0 aromatic heterocycles. The zero-order valence-corrected chi connectivity index (χ0v) is 13.2. The molecule has 0 aliphatic carbocycles. The molecule has 1 aromatic carbocycles. The van der Waals surface area contributed by atoms with Crippen LogP contribution in [-0.2, 0) is 14.8 Å². The summed E-state index contributed by atoms with van der Waals surface area (Å²) in [5.74, 6) is 0.401. The Kier molecular flexibility index (Phi) is 8.11. The molecule has 0 amide bonds. The molecule has 0 aliphatic rings. The molecule has 0 radical (unpaired) electrons. The molecule has 0 heterocycles. The van der Waals surface area contributed by atoms with Crippen molar-refractivity contribution in [2.24, 2.45) is 0 Å². The first kappa shape index (κ1) is 17.7. The lowest BCUT2D eigenvalue weighted by atomic mass is 10.3. The van der Waals surface area contributed by atoms with Gasteiger partial charge in [0.2, 0.25) is 10.0 Å². The van der Waals surface area contributed by atoms with E-state index in [1.54, 1.807) is 24.3 Å². The van der Waals surface area contributed by atoms with Gasteiger partial charge in [0, 0.05) is 19.8 Å². The van der Waals surface area contributed by atoms with Crippen molar-refractivity contribution in [3.63, 3.8) is 0 Å². The van der Waals surface area contributed by atoms with Gasteiger partial charge in [0.05, 0.1) is 11.4 Å². The summed E-state index contributed by atoms with van der Waals surface area (Å²) < 4.78 is 36.6. The van der Waals surface area contributed by atoms with Crippen molar-refractivity contribution in [3.05, 3.63) is 24.3 Å². The van der Waals surface area contributed by atoms with Gasteiger partial charge in [-0.2, -0.15) is 0 Å². The highest BCUT2D eigenvalue weighted by atomic mass is 32.2. The van der Waals surface area contributed by atoms with Crippen LogP contribution in [-0.4, -0.2) is 40.5 Å². The highest BCUT2D eigenvalue weighted by Gasteiger charge is 2.10. The number of sulfonamides is 1. The zero-order chi connectivity index (χ0) is 15.6. The first-order valence-electron chi connectivity index (χ1n) is 7.07. The normalized spacial score (nSPS) is 11.5. The fraction of sp³-hybridized carbons (Fsp3) is 0.571. The molecule has 1 rings (SSSR count). The standard InChI is InChI=1S/C14H24N2O4S/c1-2-9-19-10-5-8-16-21(17,18)12-11-20-14-7-4-3-6-13(14)15/h3-4,6-7,16H,2,5,8-12,15H2,1H3. The maximum absolute atomic E-state index is 11.7. The number of benzene rings is 1. The summed E-state index contributed by atoms with van der Waals surface area (Å²) in [6.07, 6.45) is 1.62. The Labute approximate surface area is 126 Å². The van der Waals surface area contributed by atoms with E-state index in [1.807, 2.05) is 6.92 Å². The van der Waals surface area contributed by atoms with Gasteiger partial charge < -0.3 is 15.2 Å². The molecule has 21 heavy (non-hydrogen) atoms. The lowest BCUT2D eigenvalue weighted by molar-refractivity contribution is 0.133. The van der Waals surface area contributed by atoms with Crippen LogP contribution in [0.1, 0.15) is 19.8 Å². The third-order valence-electron chi connectivity index (χ3n) is 2.66. The molecule has 0 saturated carbocycles. The van der Waals surface area contributed by atoms with E-state index in [9.17, 15) is 8.42 Å². The number of rotatable bonds is 11. The summed E-state index contributed by atoms with van der Waals surface area (Å²) in [6, 6.07) is 6.99. The van der Waals surface area contributed by atoms with Gasteiger partial charge in [-0.1, -0.05) is 19.1 Å². The largest absolute Gasteiger partial charge is 0.490 e. The van der Waals surface area contributed by atoms with Crippen molar-refractivity contribution in [2.75, 3.05) is 37.9 Å². The van der Waals surface area contributed by atoms with Gasteiger partial charge in [0.1, 0.15) is 12.4 Å². The highest BCUT2D eigenvalue weighted by Crippen LogP contribution is 2.19. The van der Waals surface area contributed by atoms with Crippen LogP contribution < -0.4 is 15.2 Å². The topological polar surface area (TPSA) is 90.6 Å². The van der Waals surface area contributed by atoms with Crippen LogP contribution in [0.3, 0.4) is 0 Å².